The van der Waals surface area contributed by atoms with Crippen LogP contribution < -0.4 is 0 Å². The largest absolute Gasteiger partial charge is 0.396 e. The van der Waals surface area contributed by atoms with Crippen LogP contribution in [0.2, 0.25) is 0 Å². The lowest BCUT2D eigenvalue weighted by molar-refractivity contribution is 0.190. The third-order valence-electron chi connectivity index (χ3n) is 3.28. The molecule has 2 nitrogen and oxygen atoms in total. The summed E-state index contributed by atoms with van der Waals surface area (Å²) < 4.78 is 0. The van der Waals surface area contributed by atoms with Crippen molar-refractivity contribution in [2.24, 2.45) is 11.3 Å². The van der Waals surface area contributed by atoms with Crippen LogP contribution in [-0.4, -0.2) is 37.3 Å². The molecule has 17 heavy (non-hydrogen) atoms. The Morgan fingerprint density at radius 1 is 1.00 bits per heavy atom. The molecule has 1 N–H and O–H groups in total. The van der Waals surface area contributed by atoms with Crippen molar-refractivity contribution < 1.29 is 5.11 Å². The summed E-state index contributed by atoms with van der Waals surface area (Å²) in [5.74, 6) is 0.522. The summed E-state index contributed by atoms with van der Waals surface area (Å²) in [6, 6.07) is 0. The van der Waals surface area contributed by atoms with E-state index in [-0.39, 0.29) is 0 Å². The molecule has 0 aliphatic heterocycles. The molecule has 0 rings (SSSR count). The molecular formula is C15H33NO. The van der Waals surface area contributed by atoms with Crippen molar-refractivity contribution >= 4 is 0 Å². The zero-order valence-electron chi connectivity index (χ0n) is 12.6. The van der Waals surface area contributed by atoms with Gasteiger partial charge in [0.25, 0.3) is 0 Å². The van der Waals surface area contributed by atoms with Crippen LogP contribution in [-0.2, 0) is 0 Å². The highest BCUT2D eigenvalue weighted by Gasteiger charge is 2.14. The van der Waals surface area contributed by atoms with E-state index in [9.17, 15) is 5.11 Å². The van der Waals surface area contributed by atoms with Gasteiger partial charge in [-0.3, -0.25) is 0 Å². The summed E-state index contributed by atoms with van der Waals surface area (Å²) in [5.41, 5.74) is 0.401. The van der Waals surface area contributed by atoms with Gasteiger partial charge in [-0.2, -0.15) is 0 Å². The average molecular weight is 243 g/mol. The number of aliphatic hydroxyl groups excluding tert-OH is 1. The Hall–Kier alpha value is -0.0800. The molecule has 1 atom stereocenters. The van der Waals surface area contributed by atoms with E-state index in [1.807, 2.05) is 0 Å². The van der Waals surface area contributed by atoms with Crippen molar-refractivity contribution in [2.45, 2.75) is 59.3 Å². The van der Waals surface area contributed by atoms with Crippen molar-refractivity contribution in [3.05, 3.63) is 0 Å². The molecule has 0 radical (unpaired) electrons. The summed E-state index contributed by atoms with van der Waals surface area (Å²) >= 11 is 0. The number of unbranched alkanes of at least 4 members (excludes halogenated alkanes) is 2. The second-order valence-corrected chi connectivity index (χ2v) is 6.80. The van der Waals surface area contributed by atoms with Gasteiger partial charge in [-0.25, -0.2) is 0 Å². The molecule has 0 bridgehead atoms. The first-order chi connectivity index (χ1) is 7.85. The van der Waals surface area contributed by atoms with E-state index >= 15 is 0 Å². The second kappa shape index (κ2) is 8.93. The molecule has 0 heterocycles. The monoisotopic (exact) mass is 243 g/mol. The van der Waals surface area contributed by atoms with Crippen LogP contribution in [0.3, 0.4) is 0 Å². The maximum Gasteiger partial charge on any atom is 0.0459 e. The van der Waals surface area contributed by atoms with Crippen molar-refractivity contribution in [1.82, 2.24) is 4.90 Å². The third-order valence-corrected chi connectivity index (χ3v) is 3.28. The van der Waals surface area contributed by atoms with Gasteiger partial charge in [0.05, 0.1) is 0 Å². The van der Waals surface area contributed by atoms with Gasteiger partial charge in [-0.05, 0) is 57.7 Å². The van der Waals surface area contributed by atoms with Gasteiger partial charge < -0.3 is 10.0 Å². The Balaban J connectivity index is 3.55. The van der Waals surface area contributed by atoms with Crippen LogP contribution in [0.1, 0.15) is 59.3 Å². The molecule has 2 heteroatoms. The number of rotatable bonds is 9. The van der Waals surface area contributed by atoms with E-state index in [1.165, 1.54) is 45.1 Å². The van der Waals surface area contributed by atoms with Crippen LogP contribution >= 0.6 is 0 Å². The number of aliphatic hydroxyl groups is 1. The first-order valence-electron chi connectivity index (χ1n) is 7.11. The highest BCUT2D eigenvalue weighted by molar-refractivity contribution is 4.66. The van der Waals surface area contributed by atoms with Crippen LogP contribution in [0.5, 0.6) is 0 Å². The molecule has 0 aliphatic rings. The lowest BCUT2D eigenvalue weighted by atomic mass is 9.85. The molecule has 0 amide bonds. The molecular weight excluding hydrogens is 210 g/mol. The fourth-order valence-electron chi connectivity index (χ4n) is 2.00. The third kappa shape index (κ3) is 12.2. The molecule has 0 saturated heterocycles. The highest BCUT2D eigenvalue weighted by Crippen LogP contribution is 2.25. The van der Waals surface area contributed by atoms with Crippen LogP contribution in [0.4, 0.5) is 0 Å². The fraction of sp³-hybridized carbons (Fsp3) is 1.00. The summed E-state index contributed by atoms with van der Waals surface area (Å²) in [4.78, 5) is 2.24. The van der Waals surface area contributed by atoms with Gasteiger partial charge >= 0.3 is 0 Å². The topological polar surface area (TPSA) is 23.5 Å². The fourth-order valence-corrected chi connectivity index (χ4v) is 2.00. The van der Waals surface area contributed by atoms with E-state index in [2.05, 4.69) is 39.8 Å². The normalized spacial score (nSPS) is 14.3. The second-order valence-electron chi connectivity index (χ2n) is 6.80. The van der Waals surface area contributed by atoms with Gasteiger partial charge in [0.2, 0.25) is 0 Å². The standard InChI is InChI=1S/C15H33NO/c1-15(2,3)11-10-14(13-17)9-7-6-8-12-16(4)5/h14,17H,6-13H2,1-5H3/t14-/m0/s1. The van der Waals surface area contributed by atoms with Crippen molar-refractivity contribution in [3.8, 4) is 0 Å². The molecule has 0 aromatic carbocycles. The lowest BCUT2D eigenvalue weighted by Crippen LogP contribution is -2.14. The smallest absolute Gasteiger partial charge is 0.0459 e. The molecule has 0 saturated carbocycles. The number of nitrogens with zero attached hydrogens (tertiary/aromatic N) is 1. The summed E-state index contributed by atoms with van der Waals surface area (Å²) in [5, 5.41) is 9.36. The average Bonchev–Trinajstić information content (AvgIpc) is 2.20. The van der Waals surface area contributed by atoms with E-state index in [1.54, 1.807) is 0 Å². The zero-order valence-corrected chi connectivity index (χ0v) is 12.6. The molecule has 0 fully saturated rings. The maximum absolute atomic E-state index is 9.36. The Kier molecular flexibility index (Phi) is 8.89. The van der Waals surface area contributed by atoms with Crippen LogP contribution in [0, 0.1) is 11.3 Å². The van der Waals surface area contributed by atoms with Gasteiger partial charge in [-0.15, -0.1) is 0 Å². The summed E-state index contributed by atoms with van der Waals surface area (Å²) in [6.07, 6.45) is 7.43. The highest BCUT2D eigenvalue weighted by atomic mass is 16.3. The minimum absolute atomic E-state index is 0.365. The Morgan fingerprint density at radius 2 is 1.65 bits per heavy atom. The molecule has 104 valence electrons. The first-order valence-corrected chi connectivity index (χ1v) is 7.11. The van der Waals surface area contributed by atoms with E-state index < -0.39 is 0 Å². The Bertz CT molecular complexity index is 172. The minimum atomic E-state index is 0.365. The van der Waals surface area contributed by atoms with E-state index in [0.717, 1.165) is 0 Å². The van der Waals surface area contributed by atoms with Gasteiger partial charge in [0.15, 0.2) is 0 Å². The SMILES string of the molecule is CN(C)CCCCC[C@H](CO)CCC(C)(C)C. The van der Waals surface area contributed by atoms with Gasteiger partial charge in [0.1, 0.15) is 0 Å². The Labute approximate surface area is 108 Å². The predicted octanol–water partition coefficient (Wildman–Crippen LogP) is 3.54. The number of hydrogen-bond acceptors (Lipinski definition) is 2. The summed E-state index contributed by atoms with van der Waals surface area (Å²) in [7, 11) is 4.25. The van der Waals surface area contributed by atoms with Gasteiger partial charge in [0, 0.05) is 6.61 Å². The quantitative estimate of drug-likeness (QED) is 0.626. The maximum atomic E-state index is 9.36. The number of hydrogen-bond donors (Lipinski definition) is 1. The summed E-state index contributed by atoms with van der Waals surface area (Å²) in [6.45, 7) is 8.38. The first kappa shape index (κ1) is 16.9. The van der Waals surface area contributed by atoms with Crippen LogP contribution in [0.15, 0.2) is 0 Å². The zero-order chi connectivity index (χ0) is 13.3. The Morgan fingerprint density at radius 3 is 2.12 bits per heavy atom. The molecule has 0 spiro atoms. The van der Waals surface area contributed by atoms with Crippen molar-refractivity contribution in [3.63, 3.8) is 0 Å². The molecule has 0 aromatic heterocycles. The van der Waals surface area contributed by atoms with E-state index in [0.29, 0.717) is 17.9 Å². The predicted molar refractivity (Wildman–Crippen MR) is 76.3 cm³/mol. The molecule has 0 aromatic rings. The minimum Gasteiger partial charge on any atom is -0.396 e. The van der Waals surface area contributed by atoms with Crippen molar-refractivity contribution in [1.29, 1.82) is 0 Å². The van der Waals surface area contributed by atoms with E-state index in [4.69, 9.17) is 0 Å². The molecule has 0 aliphatic carbocycles. The van der Waals surface area contributed by atoms with Gasteiger partial charge in [-0.1, -0.05) is 33.6 Å². The lowest BCUT2D eigenvalue weighted by Gasteiger charge is -2.22. The van der Waals surface area contributed by atoms with Crippen molar-refractivity contribution in [2.75, 3.05) is 27.2 Å². The van der Waals surface area contributed by atoms with Crippen LogP contribution in [0.25, 0.3) is 0 Å². The molecule has 0 unspecified atom stereocenters.